The van der Waals surface area contributed by atoms with Gasteiger partial charge in [-0.15, -0.1) is 0 Å². The summed E-state index contributed by atoms with van der Waals surface area (Å²) in [4.78, 5) is 57.3. The molecule has 4 amide bonds. The lowest BCUT2D eigenvalue weighted by Crippen LogP contribution is -2.43. The summed E-state index contributed by atoms with van der Waals surface area (Å²) in [5.74, 6) is 1.38. The number of benzene rings is 5. The summed E-state index contributed by atoms with van der Waals surface area (Å²) in [5.41, 5.74) is 9.89. The van der Waals surface area contributed by atoms with Gasteiger partial charge in [-0.25, -0.2) is 0 Å². The first-order valence-corrected chi connectivity index (χ1v) is 27.0. The van der Waals surface area contributed by atoms with E-state index in [1.165, 1.54) is 5.56 Å². The molecule has 372 valence electrons. The number of nitrogens with one attached hydrogen (secondary N) is 2. The van der Waals surface area contributed by atoms with E-state index in [-0.39, 0.29) is 53.7 Å². The van der Waals surface area contributed by atoms with Gasteiger partial charge in [0, 0.05) is 70.5 Å². The highest BCUT2D eigenvalue weighted by molar-refractivity contribution is 8.77. The quantitative estimate of drug-likeness (QED) is 0.0725. The fraction of sp³-hybridized carbons (Fsp3) is 0.404. The molecule has 14 heteroatoms. The van der Waals surface area contributed by atoms with Crippen LogP contribution < -0.4 is 34.6 Å². The van der Waals surface area contributed by atoms with Gasteiger partial charge < -0.3 is 39.8 Å². The molecular weight excluding hydrogens is 933 g/mol. The van der Waals surface area contributed by atoms with Crippen molar-refractivity contribution in [2.45, 2.75) is 133 Å². The molecule has 5 aromatic carbocycles. The van der Waals surface area contributed by atoms with Gasteiger partial charge >= 0.3 is 0 Å². The molecule has 0 fully saturated rings. The maximum absolute atomic E-state index is 14.1. The van der Waals surface area contributed by atoms with Crippen molar-refractivity contribution in [3.05, 3.63) is 141 Å². The number of nitrogens with zero attached hydrogens (tertiary/aromatic N) is 2. The van der Waals surface area contributed by atoms with E-state index >= 15 is 0 Å². The molecule has 0 aliphatic carbocycles. The number of aliphatic hydroxyl groups is 1. The van der Waals surface area contributed by atoms with Crippen molar-refractivity contribution in [3.63, 3.8) is 0 Å². The largest absolute Gasteiger partial charge is 0.493 e. The van der Waals surface area contributed by atoms with Crippen molar-refractivity contribution in [2.24, 2.45) is 0 Å². The molecule has 0 aromatic heterocycles. The number of carbonyl (C=O) groups excluding carboxylic acids is 4. The fourth-order valence-corrected chi connectivity index (χ4v) is 13.1. The number of carbonyl (C=O) groups is 4. The Hall–Kier alpha value is -5.96. The van der Waals surface area contributed by atoms with Crippen LogP contribution in [0.3, 0.4) is 0 Å². The number of amides is 4. The molecule has 0 radical (unpaired) electrons. The number of aliphatic hydroxyl groups excluding tert-OH is 1. The summed E-state index contributed by atoms with van der Waals surface area (Å²) >= 11 is 0. The molecule has 0 saturated carbocycles. The lowest BCUT2D eigenvalue weighted by atomic mass is 9.96. The Labute approximate surface area is 425 Å². The third kappa shape index (κ3) is 11.1. The summed E-state index contributed by atoms with van der Waals surface area (Å²) < 4.78 is 18.9. The molecule has 71 heavy (non-hydrogen) atoms. The molecule has 4 heterocycles. The molecular formula is C57H64N4O8S2. The zero-order valence-electron chi connectivity index (χ0n) is 41.5. The molecule has 2 unspecified atom stereocenters. The van der Waals surface area contributed by atoms with Gasteiger partial charge in [-0.05, 0) is 159 Å². The van der Waals surface area contributed by atoms with E-state index in [1.54, 1.807) is 46.7 Å². The number of methoxy groups -OCH3 is 1. The summed E-state index contributed by atoms with van der Waals surface area (Å²) in [6.07, 6.45) is 5.72. The normalized spacial score (nSPS) is 18.2. The molecule has 4 aliphatic heterocycles. The van der Waals surface area contributed by atoms with Crippen LogP contribution in [-0.4, -0.2) is 71.1 Å². The predicted molar refractivity (Wildman–Crippen MR) is 283 cm³/mol. The number of para-hydroxylation sites is 2. The highest BCUT2D eigenvalue weighted by atomic mass is 33.1. The maximum atomic E-state index is 14.1. The Balaban J connectivity index is 0.917. The topological polar surface area (TPSA) is 147 Å². The molecule has 4 atom stereocenters. The molecule has 9 rings (SSSR count). The Bertz CT molecular complexity index is 2850. The van der Waals surface area contributed by atoms with Gasteiger partial charge in [0.05, 0.1) is 19.3 Å². The zero-order chi connectivity index (χ0) is 50.0. The third-order valence-corrected chi connectivity index (χ3v) is 18.1. The SMILES string of the molecule is CNC(=O)CCC(C)SSC(C)(C)CCCC(=O)Nc1cc(COc2cc3c(cc2C)C(=O)N2c4ccccc4C[C@H]2C(O)C3)cc(COc2cc3c(cc2OC)C(=O)N2c4ccccc4C[C@H]2CC3)c1. The number of rotatable bonds is 18. The van der Waals surface area contributed by atoms with Crippen LogP contribution in [0.15, 0.2) is 91.0 Å². The van der Waals surface area contributed by atoms with Gasteiger partial charge in [0.1, 0.15) is 19.0 Å². The molecule has 12 nitrogen and oxygen atoms in total. The predicted octanol–water partition coefficient (Wildman–Crippen LogP) is 10.4. The van der Waals surface area contributed by atoms with Gasteiger partial charge in [0.15, 0.2) is 11.5 Å². The van der Waals surface area contributed by atoms with Crippen LogP contribution in [0, 0.1) is 6.92 Å². The molecule has 3 N–H and O–H groups in total. The third-order valence-electron chi connectivity index (χ3n) is 14.2. The minimum absolute atomic E-state index is 0.0331. The van der Waals surface area contributed by atoms with Crippen molar-refractivity contribution in [1.29, 1.82) is 0 Å². The van der Waals surface area contributed by atoms with E-state index in [0.29, 0.717) is 77.8 Å². The number of aryl methyl sites for hydroxylation is 2. The summed E-state index contributed by atoms with van der Waals surface area (Å²) in [6.45, 7) is 8.75. The molecule has 0 spiro atoms. The van der Waals surface area contributed by atoms with Crippen LogP contribution in [0.4, 0.5) is 17.1 Å². The van der Waals surface area contributed by atoms with Crippen molar-refractivity contribution in [2.75, 3.05) is 29.3 Å². The van der Waals surface area contributed by atoms with Crippen molar-refractivity contribution >= 4 is 62.3 Å². The fourth-order valence-electron chi connectivity index (χ4n) is 10.4. The van der Waals surface area contributed by atoms with Crippen molar-refractivity contribution in [1.82, 2.24) is 5.32 Å². The second kappa shape index (κ2) is 21.4. The molecule has 4 aliphatic rings. The Morgan fingerprint density at radius 3 is 2.14 bits per heavy atom. The Kier molecular flexibility index (Phi) is 15.1. The molecule has 5 aromatic rings. The molecule has 0 bridgehead atoms. The highest BCUT2D eigenvalue weighted by Gasteiger charge is 2.42. The van der Waals surface area contributed by atoms with Gasteiger partial charge in [-0.2, -0.15) is 0 Å². The summed E-state index contributed by atoms with van der Waals surface area (Å²) in [5, 5.41) is 17.6. The smallest absolute Gasteiger partial charge is 0.258 e. The van der Waals surface area contributed by atoms with Crippen LogP contribution >= 0.6 is 21.6 Å². The lowest BCUT2D eigenvalue weighted by Gasteiger charge is -2.26. The van der Waals surface area contributed by atoms with Gasteiger partial charge in [-0.3, -0.25) is 19.2 Å². The van der Waals surface area contributed by atoms with E-state index in [9.17, 15) is 24.3 Å². The van der Waals surface area contributed by atoms with Gasteiger partial charge in [0.25, 0.3) is 11.8 Å². The van der Waals surface area contributed by atoms with Crippen LogP contribution in [0.1, 0.15) is 119 Å². The Morgan fingerprint density at radius 2 is 1.42 bits per heavy atom. The standard InChI is InChI=1S/C57H64N4O8S2/c1-34-22-44-41(28-49(62)48-27-40-13-8-10-15-47(40)61(48)56(44)66)30-50(34)68-32-36-23-37(25-42(24-36)59-54(64)16-11-21-57(3,4)71-70-35(2)17-20-53(63)58-5)33-69-52-29-38-18-19-43-26-39-12-7-9-14-46(39)60(43)55(65)45(38)31-51(52)67-6/h7-10,12-15,22-25,29-31,35,43,48-49,62H,11,16-21,26-28,32-33H2,1-6H3,(H,58,63)(H,59,64)/t35?,43-,48+,49?/m1/s1. The van der Waals surface area contributed by atoms with E-state index in [0.717, 1.165) is 70.4 Å². The number of hydrogen-bond acceptors (Lipinski definition) is 10. The number of anilines is 3. The van der Waals surface area contributed by atoms with Crippen LogP contribution in [0.25, 0.3) is 0 Å². The monoisotopic (exact) mass is 996 g/mol. The maximum Gasteiger partial charge on any atom is 0.258 e. The Morgan fingerprint density at radius 1 is 0.775 bits per heavy atom. The summed E-state index contributed by atoms with van der Waals surface area (Å²) in [6, 6.07) is 29.0. The van der Waals surface area contributed by atoms with Crippen LogP contribution in [-0.2, 0) is 48.5 Å². The van der Waals surface area contributed by atoms with Gasteiger partial charge in [0.2, 0.25) is 11.8 Å². The second-order valence-corrected chi connectivity index (χ2v) is 23.3. The van der Waals surface area contributed by atoms with Crippen molar-refractivity contribution < 1.29 is 38.5 Å². The van der Waals surface area contributed by atoms with Crippen LogP contribution in [0.5, 0.6) is 17.2 Å². The van der Waals surface area contributed by atoms with Crippen LogP contribution in [0.2, 0.25) is 0 Å². The minimum Gasteiger partial charge on any atom is -0.493 e. The average Bonchev–Trinajstić information content (AvgIpc) is 3.88. The number of fused-ring (bicyclic) bond motifs is 8. The van der Waals surface area contributed by atoms with E-state index in [4.69, 9.17) is 14.2 Å². The number of ether oxygens (including phenoxy) is 3. The number of hydrogen-bond donors (Lipinski definition) is 3. The van der Waals surface area contributed by atoms with E-state index in [2.05, 4.69) is 37.5 Å². The second-order valence-electron chi connectivity index (χ2n) is 20.0. The first-order chi connectivity index (χ1) is 34.2. The highest BCUT2D eigenvalue weighted by Crippen LogP contribution is 2.44. The van der Waals surface area contributed by atoms with Gasteiger partial charge in [-0.1, -0.05) is 64.9 Å². The first kappa shape index (κ1) is 50.0. The molecule has 0 saturated heterocycles. The average molecular weight is 997 g/mol. The minimum atomic E-state index is -0.752. The lowest BCUT2D eigenvalue weighted by molar-refractivity contribution is -0.120. The van der Waals surface area contributed by atoms with E-state index < -0.39 is 6.10 Å². The summed E-state index contributed by atoms with van der Waals surface area (Å²) in [7, 11) is 6.83. The van der Waals surface area contributed by atoms with E-state index in [1.807, 2.05) is 90.7 Å². The zero-order valence-corrected chi connectivity index (χ0v) is 43.1. The van der Waals surface area contributed by atoms with Crippen molar-refractivity contribution in [3.8, 4) is 17.2 Å². The first-order valence-electron chi connectivity index (χ1n) is 24.8.